The van der Waals surface area contributed by atoms with Crippen molar-refractivity contribution in [3.8, 4) is 11.3 Å². The zero-order chi connectivity index (χ0) is 21.9. The number of rotatable bonds is 5. The van der Waals surface area contributed by atoms with E-state index in [0.29, 0.717) is 17.2 Å². The van der Waals surface area contributed by atoms with Crippen molar-refractivity contribution >= 4 is 17.2 Å². The van der Waals surface area contributed by atoms with Gasteiger partial charge in [-0.25, -0.2) is 9.50 Å². The predicted molar refractivity (Wildman–Crippen MR) is 119 cm³/mol. The summed E-state index contributed by atoms with van der Waals surface area (Å²) in [6.45, 7) is 1.58. The SMILES string of the molecule is Nc1ncnn2c(-c3ccncc3)cc(C(=O)NC3CCC(OC4CCOCC4)CC3)c12. The van der Waals surface area contributed by atoms with E-state index < -0.39 is 0 Å². The molecule has 1 saturated heterocycles. The summed E-state index contributed by atoms with van der Waals surface area (Å²) in [7, 11) is 0. The van der Waals surface area contributed by atoms with Crippen molar-refractivity contribution in [2.75, 3.05) is 18.9 Å². The third-order valence-corrected chi connectivity index (χ3v) is 6.37. The molecule has 3 N–H and O–H groups in total. The Morgan fingerprint density at radius 3 is 2.56 bits per heavy atom. The topological polar surface area (TPSA) is 117 Å². The number of aromatic nitrogens is 4. The lowest BCUT2D eigenvalue weighted by Gasteiger charge is -2.33. The first-order valence-corrected chi connectivity index (χ1v) is 11.3. The first-order valence-electron chi connectivity index (χ1n) is 11.3. The van der Waals surface area contributed by atoms with Gasteiger partial charge in [0.15, 0.2) is 5.82 Å². The number of anilines is 1. The van der Waals surface area contributed by atoms with E-state index in [1.54, 1.807) is 16.9 Å². The Balaban J connectivity index is 1.28. The monoisotopic (exact) mass is 436 g/mol. The van der Waals surface area contributed by atoms with Crippen molar-refractivity contribution in [3.05, 3.63) is 42.5 Å². The summed E-state index contributed by atoms with van der Waals surface area (Å²) >= 11 is 0. The van der Waals surface area contributed by atoms with Gasteiger partial charge in [0.05, 0.1) is 23.5 Å². The van der Waals surface area contributed by atoms with E-state index in [1.807, 2.05) is 18.2 Å². The van der Waals surface area contributed by atoms with Gasteiger partial charge in [0, 0.05) is 37.2 Å². The molecule has 168 valence electrons. The number of fused-ring (bicyclic) bond motifs is 1. The molecular formula is C23H28N6O3. The molecule has 0 bridgehead atoms. The standard InChI is InChI=1S/C23H28N6O3/c24-22-21-19(13-20(29(21)27-14-26-22)15-5-9-25-10-6-15)23(30)28-16-1-3-17(4-2-16)32-18-7-11-31-12-8-18/h5-6,9-10,13-14,16-18H,1-4,7-8,11-12H2,(H,28,30)(H2,24,26,27). The number of pyridine rings is 1. The number of carbonyl (C=O) groups excluding carboxylic acids is 1. The Labute approximate surface area is 186 Å². The van der Waals surface area contributed by atoms with Crippen molar-refractivity contribution in [2.45, 2.75) is 56.8 Å². The van der Waals surface area contributed by atoms with Crippen LogP contribution in [0.5, 0.6) is 0 Å². The van der Waals surface area contributed by atoms with Gasteiger partial charge in [-0.1, -0.05) is 0 Å². The third kappa shape index (κ3) is 4.31. The van der Waals surface area contributed by atoms with E-state index in [0.717, 1.165) is 63.0 Å². The average Bonchev–Trinajstić information content (AvgIpc) is 3.23. The van der Waals surface area contributed by atoms with Crippen molar-refractivity contribution in [1.82, 2.24) is 24.9 Å². The molecule has 1 saturated carbocycles. The molecule has 2 aliphatic rings. The smallest absolute Gasteiger partial charge is 0.253 e. The van der Waals surface area contributed by atoms with Gasteiger partial charge in [-0.3, -0.25) is 9.78 Å². The van der Waals surface area contributed by atoms with Gasteiger partial charge in [0.25, 0.3) is 5.91 Å². The molecule has 0 spiro atoms. The summed E-state index contributed by atoms with van der Waals surface area (Å²) < 4.78 is 13.3. The summed E-state index contributed by atoms with van der Waals surface area (Å²) in [5, 5.41) is 7.53. The molecule has 3 aromatic heterocycles. The van der Waals surface area contributed by atoms with Crippen LogP contribution in [-0.4, -0.2) is 57.0 Å². The maximum atomic E-state index is 13.2. The molecule has 1 aliphatic carbocycles. The van der Waals surface area contributed by atoms with Crippen molar-refractivity contribution in [3.63, 3.8) is 0 Å². The van der Waals surface area contributed by atoms with Gasteiger partial charge < -0.3 is 20.5 Å². The molecule has 4 heterocycles. The summed E-state index contributed by atoms with van der Waals surface area (Å²) in [4.78, 5) is 21.4. The van der Waals surface area contributed by atoms with Gasteiger partial charge in [-0.05, 0) is 56.7 Å². The first kappa shape index (κ1) is 20.8. The van der Waals surface area contributed by atoms with Crippen LogP contribution in [0.1, 0.15) is 48.9 Å². The number of ether oxygens (including phenoxy) is 2. The zero-order valence-corrected chi connectivity index (χ0v) is 17.9. The molecule has 1 amide bonds. The second-order valence-corrected chi connectivity index (χ2v) is 8.48. The normalized spacial score (nSPS) is 22.1. The second-order valence-electron chi connectivity index (χ2n) is 8.48. The van der Waals surface area contributed by atoms with Gasteiger partial charge in [-0.2, -0.15) is 5.10 Å². The summed E-state index contributed by atoms with van der Waals surface area (Å²) in [5.41, 5.74) is 8.81. The maximum Gasteiger partial charge on any atom is 0.253 e. The van der Waals surface area contributed by atoms with E-state index >= 15 is 0 Å². The van der Waals surface area contributed by atoms with Crippen molar-refractivity contribution in [1.29, 1.82) is 0 Å². The number of amides is 1. The van der Waals surface area contributed by atoms with E-state index in [4.69, 9.17) is 15.2 Å². The Morgan fingerprint density at radius 2 is 1.81 bits per heavy atom. The summed E-state index contributed by atoms with van der Waals surface area (Å²) in [6, 6.07) is 5.69. The fourth-order valence-electron chi connectivity index (χ4n) is 4.66. The lowest BCUT2D eigenvalue weighted by Crippen LogP contribution is -2.40. The first-order chi connectivity index (χ1) is 15.7. The zero-order valence-electron chi connectivity index (χ0n) is 17.9. The number of nitrogens with one attached hydrogen (secondary N) is 1. The van der Waals surface area contributed by atoms with Crippen LogP contribution in [0.2, 0.25) is 0 Å². The lowest BCUT2D eigenvalue weighted by atomic mass is 9.92. The minimum atomic E-state index is -0.155. The van der Waals surface area contributed by atoms with Gasteiger partial charge >= 0.3 is 0 Å². The Hall–Kier alpha value is -3.04. The van der Waals surface area contributed by atoms with Crippen LogP contribution in [0, 0.1) is 0 Å². The summed E-state index contributed by atoms with van der Waals surface area (Å²) in [5.74, 6) is 0.122. The van der Waals surface area contributed by atoms with Crippen LogP contribution >= 0.6 is 0 Å². The largest absolute Gasteiger partial charge is 0.382 e. The highest BCUT2D eigenvalue weighted by atomic mass is 16.5. The molecule has 1 aliphatic heterocycles. The highest BCUT2D eigenvalue weighted by Crippen LogP contribution is 2.29. The Kier molecular flexibility index (Phi) is 6.00. The molecule has 2 fully saturated rings. The molecule has 3 aromatic rings. The molecule has 0 aromatic carbocycles. The molecule has 0 unspecified atom stereocenters. The third-order valence-electron chi connectivity index (χ3n) is 6.37. The molecule has 0 radical (unpaired) electrons. The van der Waals surface area contributed by atoms with Gasteiger partial charge in [-0.15, -0.1) is 0 Å². The number of hydrogen-bond donors (Lipinski definition) is 2. The number of nitrogens with two attached hydrogens (primary N) is 1. The van der Waals surface area contributed by atoms with Crippen LogP contribution in [0.4, 0.5) is 5.82 Å². The Morgan fingerprint density at radius 1 is 1.09 bits per heavy atom. The fraction of sp³-hybridized carbons (Fsp3) is 0.478. The second kappa shape index (κ2) is 9.22. The summed E-state index contributed by atoms with van der Waals surface area (Å²) in [6.07, 6.45) is 11.0. The molecule has 5 rings (SSSR count). The number of carbonyl (C=O) groups is 1. The van der Waals surface area contributed by atoms with E-state index in [-0.39, 0.29) is 23.9 Å². The van der Waals surface area contributed by atoms with Gasteiger partial charge in [0.2, 0.25) is 0 Å². The maximum absolute atomic E-state index is 13.2. The highest BCUT2D eigenvalue weighted by Gasteiger charge is 2.28. The van der Waals surface area contributed by atoms with Crippen LogP contribution in [0.25, 0.3) is 16.8 Å². The number of nitrogens with zero attached hydrogens (tertiary/aromatic N) is 4. The average molecular weight is 437 g/mol. The van der Waals surface area contributed by atoms with E-state index in [9.17, 15) is 4.79 Å². The van der Waals surface area contributed by atoms with Crippen molar-refractivity contribution < 1.29 is 14.3 Å². The number of nitrogen functional groups attached to an aromatic ring is 1. The van der Waals surface area contributed by atoms with E-state index in [2.05, 4.69) is 20.4 Å². The molecule has 0 atom stereocenters. The van der Waals surface area contributed by atoms with Crippen LogP contribution in [0.3, 0.4) is 0 Å². The van der Waals surface area contributed by atoms with Crippen LogP contribution < -0.4 is 11.1 Å². The number of hydrogen-bond acceptors (Lipinski definition) is 7. The van der Waals surface area contributed by atoms with Crippen LogP contribution in [-0.2, 0) is 9.47 Å². The predicted octanol–water partition coefficient (Wildman–Crippen LogP) is 2.61. The van der Waals surface area contributed by atoms with E-state index in [1.165, 1.54) is 6.33 Å². The van der Waals surface area contributed by atoms with Crippen molar-refractivity contribution in [2.24, 2.45) is 0 Å². The molecular weight excluding hydrogens is 408 g/mol. The molecule has 32 heavy (non-hydrogen) atoms. The minimum absolute atomic E-state index is 0.113. The van der Waals surface area contributed by atoms with Crippen LogP contribution in [0.15, 0.2) is 36.9 Å². The quantitative estimate of drug-likeness (QED) is 0.631. The molecule has 9 heteroatoms. The van der Waals surface area contributed by atoms with Gasteiger partial charge in [0.1, 0.15) is 11.8 Å². The Bertz CT molecular complexity index is 1070. The lowest BCUT2D eigenvalue weighted by molar-refractivity contribution is -0.0798. The molecule has 9 nitrogen and oxygen atoms in total. The minimum Gasteiger partial charge on any atom is -0.382 e. The fourth-order valence-corrected chi connectivity index (χ4v) is 4.66. The highest BCUT2D eigenvalue weighted by molar-refractivity contribution is 6.05.